The highest BCUT2D eigenvalue weighted by Crippen LogP contribution is 2.39. The number of halogens is 2. The summed E-state index contributed by atoms with van der Waals surface area (Å²) in [6.07, 6.45) is 0.945. The van der Waals surface area contributed by atoms with Crippen LogP contribution in [0.1, 0.15) is 55.6 Å². The summed E-state index contributed by atoms with van der Waals surface area (Å²) in [5.41, 5.74) is -0.445. The second-order valence-electron chi connectivity index (χ2n) is 12.6. The van der Waals surface area contributed by atoms with Crippen molar-refractivity contribution in [2.45, 2.75) is 58.0 Å². The molecule has 0 unspecified atom stereocenters. The van der Waals surface area contributed by atoms with Crippen LogP contribution in [0.4, 0.5) is 24.1 Å². The maximum absolute atomic E-state index is 15.6. The highest BCUT2D eigenvalue weighted by molar-refractivity contribution is 5.95. The van der Waals surface area contributed by atoms with Crippen LogP contribution in [0.15, 0.2) is 71.7 Å². The zero-order valence-corrected chi connectivity index (χ0v) is 26.0. The minimum atomic E-state index is -0.854. The van der Waals surface area contributed by atoms with Gasteiger partial charge in [0.05, 0.1) is 24.3 Å². The summed E-state index contributed by atoms with van der Waals surface area (Å²) in [5, 5.41) is 2.53. The molecule has 1 saturated carbocycles. The molecule has 1 aliphatic carbocycles. The smallest absolute Gasteiger partial charge is 0.414 e. The van der Waals surface area contributed by atoms with Gasteiger partial charge in [-0.3, -0.25) is 9.69 Å². The van der Waals surface area contributed by atoms with Crippen molar-refractivity contribution < 1.29 is 37.4 Å². The lowest BCUT2D eigenvalue weighted by molar-refractivity contribution is 0.0468. The maximum atomic E-state index is 15.6. The van der Waals surface area contributed by atoms with Gasteiger partial charge >= 0.3 is 18.2 Å². The fourth-order valence-electron chi connectivity index (χ4n) is 5.42. The number of amides is 2. The number of anilines is 1. The Hall–Kier alpha value is -5.26. The number of rotatable bonds is 8. The van der Waals surface area contributed by atoms with E-state index in [1.807, 2.05) is 6.07 Å². The van der Waals surface area contributed by atoms with E-state index in [9.17, 15) is 19.2 Å². The molecule has 3 aromatic carbocycles. The number of hydrogen-bond donors (Lipinski definition) is 1. The van der Waals surface area contributed by atoms with Crippen LogP contribution in [-0.4, -0.2) is 47.5 Å². The third-order valence-electron chi connectivity index (χ3n) is 7.80. The van der Waals surface area contributed by atoms with Crippen molar-refractivity contribution in [3.05, 3.63) is 99.8 Å². The Balaban J connectivity index is 1.24. The molecule has 1 aromatic heterocycles. The van der Waals surface area contributed by atoms with Crippen molar-refractivity contribution in [2.24, 2.45) is 0 Å². The average Bonchev–Trinajstić information content (AvgIpc) is 3.80. The van der Waals surface area contributed by atoms with E-state index < -0.39 is 46.9 Å². The molecule has 0 bridgehead atoms. The summed E-state index contributed by atoms with van der Waals surface area (Å²) in [5.74, 6) is -2.47. The van der Waals surface area contributed by atoms with E-state index in [0.29, 0.717) is 5.52 Å². The Morgan fingerprint density at radius 1 is 0.979 bits per heavy atom. The first-order valence-corrected chi connectivity index (χ1v) is 15.2. The molecule has 2 heterocycles. The van der Waals surface area contributed by atoms with Crippen LogP contribution in [0.2, 0.25) is 0 Å². The van der Waals surface area contributed by atoms with Gasteiger partial charge in [0, 0.05) is 28.8 Å². The molecule has 4 aromatic rings. The molecule has 10 nitrogen and oxygen atoms in total. The normalized spacial score (nSPS) is 16.2. The molecule has 244 valence electrons. The monoisotopic (exact) mass is 645 g/mol. The largest absolute Gasteiger partial charge is 0.457 e. The molecule has 12 heteroatoms. The second-order valence-corrected chi connectivity index (χ2v) is 12.6. The first kappa shape index (κ1) is 31.7. The number of aromatic nitrogens is 1. The van der Waals surface area contributed by atoms with Gasteiger partial charge in [-0.25, -0.2) is 23.2 Å². The van der Waals surface area contributed by atoms with Gasteiger partial charge in [-0.2, -0.15) is 0 Å². The van der Waals surface area contributed by atoms with Crippen LogP contribution in [-0.2, 0) is 20.8 Å². The number of pyridine rings is 1. The standard InChI is InChI=1S/C35H33F2N3O7/c1-35(2,3)47-33(43)38-16-23-17-40(34(44)46-23)22-11-12-24(28(36)13-22)25-15-30-26(14-29(25)37)31(41)27(18-39(30)21-9-10-21)32(42)45-19-20-7-5-4-6-8-20/h4-8,11-15,18,21,23H,9-10,16-17,19H2,1-3H3,(H,38,43)/t23-/m0/s1. The van der Waals surface area contributed by atoms with E-state index in [-0.39, 0.29) is 53.5 Å². The SMILES string of the molecule is CC(C)(C)OC(=O)NC[C@H]1CN(c2ccc(-c3cc4c(cc3F)c(=O)c(C(=O)OCc3ccccc3)cn4C3CC3)c(F)c2)C(=O)O1. The maximum Gasteiger partial charge on any atom is 0.414 e. The van der Waals surface area contributed by atoms with E-state index >= 15 is 8.78 Å². The van der Waals surface area contributed by atoms with Crippen LogP contribution in [0, 0.1) is 11.6 Å². The number of ether oxygens (including phenoxy) is 3. The van der Waals surface area contributed by atoms with Gasteiger partial charge < -0.3 is 24.1 Å². The molecule has 2 aliphatic rings. The molecular weight excluding hydrogens is 612 g/mol. The highest BCUT2D eigenvalue weighted by atomic mass is 19.1. The third kappa shape index (κ3) is 6.96. The summed E-state index contributed by atoms with van der Waals surface area (Å²) < 4.78 is 48.9. The number of cyclic esters (lactones) is 1. The van der Waals surface area contributed by atoms with E-state index in [0.717, 1.165) is 30.5 Å². The Morgan fingerprint density at radius 2 is 1.70 bits per heavy atom. The fraction of sp³-hybridized carbons (Fsp3) is 0.314. The van der Waals surface area contributed by atoms with Crippen LogP contribution < -0.4 is 15.6 Å². The topological polar surface area (TPSA) is 116 Å². The molecule has 1 aliphatic heterocycles. The minimum absolute atomic E-state index is 0.00478. The summed E-state index contributed by atoms with van der Waals surface area (Å²) in [7, 11) is 0. The predicted molar refractivity (Wildman–Crippen MR) is 169 cm³/mol. The first-order valence-electron chi connectivity index (χ1n) is 15.2. The summed E-state index contributed by atoms with van der Waals surface area (Å²) >= 11 is 0. The number of esters is 1. The van der Waals surface area contributed by atoms with Crippen molar-refractivity contribution >= 4 is 34.7 Å². The Kier molecular flexibility index (Phi) is 8.43. The Bertz CT molecular complexity index is 1930. The van der Waals surface area contributed by atoms with Crippen LogP contribution in [0.25, 0.3) is 22.0 Å². The third-order valence-corrected chi connectivity index (χ3v) is 7.80. The number of nitrogens with zero attached hydrogens (tertiary/aromatic N) is 2. The Labute approximate surface area is 268 Å². The molecule has 6 rings (SSSR count). The van der Waals surface area contributed by atoms with Gasteiger partial charge in [-0.15, -0.1) is 0 Å². The summed E-state index contributed by atoms with van der Waals surface area (Å²) in [6.45, 7) is 5.18. The number of carbonyl (C=O) groups excluding carboxylic acids is 3. The second kappa shape index (κ2) is 12.5. The van der Waals surface area contributed by atoms with Crippen molar-refractivity contribution in [3.8, 4) is 11.1 Å². The summed E-state index contributed by atoms with van der Waals surface area (Å²) in [6, 6.07) is 15.4. The predicted octanol–water partition coefficient (Wildman–Crippen LogP) is 6.49. The molecule has 0 radical (unpaired) electrons. The van der Waals surface area contributed by atoms with Crippen molar-refractivity contribution in [2.75, 3.05) is 18.0 Å². The zero-order valence-electron chi connectivity index (χ0n) is 26.0. The number of hydrogen-bond acceptors (Lipinski definition) is 7. The van der Waals surface area contributed by atoms with Crippen molar-refractivity contribution in [3.63, 3.8) is 0 Å². The molecule has 2 amide bonds. The minimum Gasteiger partial charge on any atom is -0.457 e. The molecular formula is C35H33F2N3O7. The van der Waals surface area contributed by atoms with Crippen LogP contribution in [0.5, 0.6) is 0 Å². The van der Waals surface area contributed by atoms with Crippen LogP contribution in [0.3, 0.4) is 0 Å². The van der Waals surface area contributed by atoms with Crippen molar-refractivity contribution in [1.29, 1.82) is 0 Å². The lowest BCUT2D eigenvalue weighted by Gasteiger charge is -2.20. The molecule has 1 saturated heterocycles. The van der Waals surface area contributed by atoms with Gasteiger partial charge in [-0.1, -0.05) is 30.3 Å². The van der Waals surface area contributed by atoms with E-state index in [1.165, 1.54) is 29.3 Å². The quantitative estimate of drug-likeness (QED) is 0.172. The van der Waals surface area contributed by atoms with E-state index in [2.05, 4.69) is 5.32 Å². The summed E-state index contributed by atoms with van der Waals surface area (Å²) in [4.78, 5) is 52.1. The number of carbonyl (C=O) groups is 3. The number of fused-ring (bicyclic) bond motifs is 1. The fourth-order valence-corrected chi connectivity index (χ4v) is 5.42. The molecule has 0 spiro atoms. The van der Waals surface area contributed by atoms with Crippen molar-refractivity contribution in [1.82, 2.24) is 9.88 Å². The number of benzene rings is 3. The van der Waals surface area contributed by atoms with E-state index in [1.54, 1.807) is 49.6 Å². The van der Waals surface area contributed by atoms with Gasteiger partial charge in [0.2, 0.25) is 5.43 Å². The van der Waals surface area contributed by atoms with Gasteiger partial charge in [0.15, 0.2) is 0 Å². The average molecular weight is 646 g/mol. The van der Waals surface area contributed by atoms with E-state index in [4.69, 9.17) is 14.2 Å². The highest BCUT2D eigenvalue weighted by Gasteiger charge is 2.34. The van der Waals surface area contributed by atoms with Crippen LogP contribution >= 0.6 is 0 Å². The zero-order chi connectivity index (χ0) is 33.5. The lowest BCUT2D eigenvalue weighted by atomic mass is 10.0. The van der Waals surface area contributed by atoms with Gasteiger partial charge in [-0.05, 0) is 69.5 Å². The van der Waals surface area contributed by atoms with Gasteiger partial charge in [0.25, 0.3) is 0 Å². The number of alkyl carbamates (subject to hydrolysis) is 1. The molecule has 2 fully saturated rings. The lowest BCUT2D eigenvalue weighted by Crippen LogP contribution is -2.38. The van der Waals surface area contributed by atoms with Gasteiger partial charge in [0.1, 0.15) is 35.5 Å². The molecule has 47 heavy (non-hydrogen) atoms. The first-order chi connectivity index (χ1) is 22.4. The number of nitrogens with one attached hydrogen (secondary N) is 1. The molecule has 1 atom stereocenters. The Morgan fingerprint density at radius 3 is 2.38 bits per heavy atom. The molecule has 1 N–H and O–H groups in total.